The Labute approximate surface area is 71.4 Å². The zero-order valence-electron chi connectivity index (χ0n) is 6.89. The van der Waals surface area contributed by atoms with E-state index in [0.29, 0.717) is 0 Å². The molecule has 1 aromatic carbocycles. The van der Waals surface area contributed by atoms with Crippen LogP contribution < -0.4 is 5.73 Å². The molecule has 1 nitrogen and oxygen atoms in total. The summed E-state index contributed by atoms with van der Waals surface area (Å²) in [6.07, 6.45) is 2.96. The van der Waals surface area contributed by atoms with Gasteiger partial charge in [-0.05, 0) is 37.0 Å². The van der Waals surface area contributed by atoms with E-state index in [-0.39, 0.29) is 11.4 Å². The number of hydrogen-bond acceptors (Lipinski definition) is 1. The van der Waals surface area contributed by atoms with E-state index in [9.17, 15) is 4.39 Å². The minimum absolute atomic E-state index is 0.0200. The van der Waals surface area contributed by atoms with Gasteiger partial charge in [-0.2, -0.15) is 0 Å². The first-order valence-corrected chi connectivity index (χ1v) is 4.21. The third-order valence-corrected chi connectivity index (χ3v) is 2.34. The molecule has 2 rings (SSSR count). The molecule has 2 N–H and O–H groups in total. The molecule has 0 spiro atoms. The maximum atomic E-state index is 12.7. The highest BCUT2D eigenvalue weighted by Gasteiger charge is 2.37. The highest BCUT2D eigenvalue weighted by molar-refractivity contribution is 5.21. The third-order valence-electron chi connectivity index (χ3n) is 2.34. The summed E-state index contributed by atoms with van der Waals surface area (Å²) in [5.41, 5.74) is 6.90. The van der Waals surface area contributed by atoms with Crippen LogP contribution >= 0.6 is 0 Å². The zero-order valence-corrected chi connectivity index (χ0v) is 6.89. The van der Waals surface area contributed by atoms with Crippen LogP contribution in [0.15, 0.2) is 24.3 Å². The van der Waals surface area contributed by atoms with Crippen molar-refractivity contribution in [2.75, 3.05) is 0 Å². The maximum Gasteiger partial charge on any atom is 0.123 e. The van der Waals surface area contributed by atoms with E-state index < -0.39 is 0 Å². The molecule has 0 aromatic heterocycles. The van der Waals surface area contributed by atoms with Gasteiger partial charge >= 0.3 is 0 Å². The van der Waals surface area contributed by atoms with Gasteiger partial charge in [-0.15, -0.1) is 0 Å². The van der Waals surface area contributed by atoms with Crippen LogP contribution in [0.5, 0.6) is 0 Å². The molecule has 0 unspecified atom stereocenters. The van der Waals surface area contributed by atoms with E-state index in [2.05, 4.69) is 0 Å². The summed E-state index contributed by atoms with van der Waals surface area (Å²) in [6.45, 7) is 0. The Kier molecular flexibility index (Phi) is 1.65. The quantitative estimate of drug-likeness (QED) is 0.711. The van der Waals surface area contributed by atoms with Gasteiger partial charge < -0.3 is 5.73 Å². The average Bonchev–Trinajstić information content (AvgIpc) is 2.67. The van der Waals surface area contributed by atoms with E-state index in [1.807, 2.05) is 6.07 Å². The fraction of sp³-hybridized carbons (Fsp3) is 0.400. The molecule has 0 atom stereocenters. The Morgan fingerprint density at radius 3 is 2.75 bits per heavy atom. The van der Waals surface area contributed by atoms with E-state index >= 15 is 0 Å². The topological polar surface area (TPSA) is 26.0 Å². The molecule has 1 aliphatic carbocycles. The largest absolute Gasteiger partial charge is 0.325 e. The number of nitrogens with two attached hydrogens (primary N) is 1. The molecule has 0 aliphatic heterocycles. The second-order valence-corrected chi connectivity index (χ2v) is 3.67. The van der Waals surface area contributed by atoms with Gasteiger partial charge in [0.2, 0.25) is 0 Å². The molecule has 0 saturated heterocycles. The van der Waals surface area contributed by atoms with Gasteiger partial charge in [0, 0.05) is 5.54 Å². The molecule has 64 valence electrons. The lowest BCUT2D eigenvalue weighted by atomic mass is 10.1. The van der Waals surface area contributed by atoms with E-state index in [4.69, 9.17) is 5.73 Å². The highest BCUT2D eigenvalue weighted by Crippen LogP contribution is 2.35. The molecular weight excluding hydrogens is 153 g/mol. The predicted molar refractivity (Wildman–Crippen MR) is 46.3 cm³/mol. The van der Waals surface area contributed by atoms with Crippen LogP contribution in [0.25, 0.3) is 0 Å². The van der Waals surface area contributed by atoms with Gasteiger partial charge in [0.15, 0.2) is 0 Å². The molecule has 1 aromatic rings. The lowest BCUT2D eigenvalue weighted by Gasteiger charge is -2.07. The van der Waals surface area contributed by atoms with E-state index in [1.165, 1.54) is 6.07 Å². The third kappa shape index (κ3) is 1.64. The van der Waals surface area contributed by atoms with Gasteiger partial charge in [0.1, 0.15) is 5.82 Å². The number of halogens is 1. The summed E-state index contributed by atoms with van der Waals surface area (Å²) in [7, 11) is 0. The predicted octanol–water partition coefficient (Wildman–Crippen LogP) is 1.86. The minimum Gasteiger partial charge on any atom is -0.325 e. The van der Waals surface area contributed by atoms with Crippen molar-refractivity contribution in [3.05, 3.63) is 35.6 Å². The Balaban J connectivity index is 2.12. The van der Waals surface area contributed by atoms with Gasteiger partial charge in [0.25, 0.3) is 0 Å². The summed E-state index contributed by atoms with van der Waals surface area (Å²) >= 11 is 0. The fourth-order valence-electron chi connectivity index (χ4n) is 1.39. The van der Waals surface area contributed by atoms with Gasteiger partial charge in [-0.3, -0.25) is 0 Å². The summed E-state index contributed by atoms with van der Waals surface area (Å²) < 4.78 is 12.7. The fourth-order valence-corrected chi connectivity index (χ4v) is 1.39. The van der Waals surface area contributed by atoms with Crippen molar-refractivity contribution >= 4 is 0 Å². The number of rotatable bonds is 2. The van der Waals surface area contributed by atoms with E-state index in [1.54, 1.807) is 12.1 Å². The summed E-state index contributed by atoms with van der Waals surface area (Å²) in [5, 5.41) is 0. The summed E-state index contributed by atoms with van der Waals surface area (Å²) in [6, 6.07) is 6.68. The van der Waals surface area contributed by atoms with Gasteiger partial charge in [-0.25, -0.2) is 4.39 Å². The van der Waals surface area contributed by atoms with Crippen LogP contribution in [-0.2, 0) is 6.42 Å². The zero-order chi connectivity index (χ0) is 8.60. The molecule has 1 aliphatic rings. The summed E-state index contributed by atoms with van der Waals surface area (Å²) in [5.74, 6) is -0.170. The lowest BCUT2D eigenvalue weighted by Crippen LogP contribution is -2.24. The molecule has 0 heterocycles. The lowest BCUT2D eigenvalue weighted by molar-refractivity contribution is 0.618. The van der Waals surface area contributed by atoms with Crippen molar-refractivity contribution in [2.45, 2.75) is 24.8 Å². The summed E-state index contributed by atoms with van der Waals surface area (Å²) in [4.78, 5) is 0. The van der Waals surface area contributed by atoms with E-state index in [0.717, 1.165) is 24.8 Å². The first-order chi connectivity index (χ1) is 5.68. The SMILES string of the molecule is NC1(Cc2cccc(F)c2)CC1. The standard InChI is InChI=1S/C10H12FN/c11-9-3-1-2-8(6-9)7-10(12)4-5-10/h1-3,6H,4-5,7,12H2. The van der Waals surface area contributed by atoms with Crippen LogP contribution in [0.3, 0.4) is 0 Å². The van der Waals surface area contributed by atoms with Crippen molar-refractivity contribution in [1.29, 1.82) is 0 Å². The second kappa shape index (κ2) is 2.56. The molecule has 1 saturated carbocycles. The minimum atomic E-state index is -0.170. The first kappa shape index (κ1) is 7.74. The molecule has 2 heteroatoms. The average molecular weight is 165 g/mol. The molecular formula is C10H12FN. The monoisotopic (exact) mass is 165 g/mol. The Hall–Kier alpha value is -0.890. The smallest absolute Gasteiger partial charge is 0.123 e. The normalized spacial score (nSPS) is 19.2. The van der Waals surface area contributed by atoms with Crippen LogP contribution in [0, 0.1) is 5.82 Å². The van der Waals surface area contributed by atoms with Crippen LogP contribution in [0.2, 0.25) is 0 Å². The number of benzene rings is 1. The van der Waals surface area contributed by atoms with Crippen LogP contribution in [-0.4, -0.2) is 5.54 Å². The molecule has 0 amide bonds. The Morgan fingerprint density at radius 2 is 2.17 bits per heavy atom. The number of hydrogen-bond donors (Lipinski definition) is 1. The molecule has 0 bridgehead atoms. The van der Waals surface area contributed by atoms with Crippen molar-refractivity contribution < 1.29 is 4.39 Å². The van der Waals surface area contributed by atoms with Crippen molar-refractivity contribution in [3.63, 3.8) is 0 Å². The maximum absolute atomic E-state index is 12.7. The van der Waals surface area contributed by atoms with Crippen molar-refractivity contribution in [1.82, 2.24) is 0 Å². The van der Waals surface area contributed by atoms with Gasteiger partial charge in [0.05, 0.1) is 0 Å². The van der Waals surface area contributed by atoms with Gasteiger partial charge in [-0.1, -0.05) is 12.1 Å². The molecule has 0 radical (unpaired) electrons. The van der Waals surface area contributed by atoms with Crippen LogP contribution in [0.4, 0.5) is 4.39 Å². The molecule has 12 heavy (non-hydrogen) atoms. The van der Waals surface area contributed by atoms with Crippen molar-refractivity contribution in [2.24, 2.45) is 5.73 Å². The molecule has 1 fully saturated rings. The second-order valence-electron chi connectivity index (χ2n) is 3.67. The Bertz CT molecular complexity index is 292. The Morgan fingerprint density at radius 1 is 1.42 bits per heavy atom. The van der Waals surface area contributed by atoms with Crippen LogP contribution in [0.1, 0.15) is 18.4 Å². The first-order valence-electron chi connectivity index (χ1n) is 4.21. The highest BCUT2D eigenvalue weighted by atomic mass is 19.1. The van der Waals surface area contributed by atoms with Crippen molar-refractivity contribution in [3.8, 4) is 0 Å².